The number of carbonyl (C=O) groups excluding carboxylic acids is 1. The maximum Gasteiger partial charge on any atom is 0.264 e. The fourth-order valence-corrected chi connectivity index (χ4v) is 4.44. The monoisotopic (exact) mass is 438 g/mol. The first-order valence-electron chi connectivity index (χ1n) is 9.76. The number of hydrogen-bond donors (Lipinski definition) is 2. The molecule has 2 N–H and O–H groups in total. The average Bonchev–Trinajstić information content (AvgIpc) is 2.71. The maximum absolute atomic E-state index is 13.0. The summed E-state index contributed by atoms with van der Waals surface area (Å²) in [6.45, 7) is 5.93. The molecule has 0 spiro atoms. The van der Waals surface area contributed by atoms with Crippen LogP contribution >= 0.6 is 0 Å². The molecule has 0 aliphatic carbocycles. The molecule has 160 valence electrons. The van der Waals surface area contributed by atoms with Crippen molar-refractivity contribution in [2.24, 2.45) is 0 Å². The molecule has 3 aromatic rings. The average molecular weight is 439 g/mol. The van der Waals surface area contributed by atoms with Gasteiger partial charge >= 0.3 is 0 Å². The lowest BCUT2D eigenvalue weighted by atomic mass is 10.00. The summed E-state index contributed by atoms with van der Waals surface area (Å²) in [6, 6.07) is 13.3. The first-order chi connectivity index (χ1) is 14.7. The number of anilines is 1. The molecule has 8 nitrogen and oxygen atoms in total. The number of sulfonamides is 1. The number of amides is 1. The normalized spacial score (nSPS) is 17.8. The van der Waals surface area contributed by atoms with Crippen molar-refractivity contribution in [2.75, 3.05) is 11.3 Å². The number of aryl methyl sites for hydroxylation is 2. The van der Waals surface area contributed by atoms with Crippen molar-refractivity contribution in [3.63, 3.8) is 0 Å². The summed E-state index contributed by atoms with van der Waals surface area (Å²) in [5.74, 6) is -0.287. The largest absolute Gasteiger partial charge is 0.473 e. The number of benzene rings is 2. The predicted molar refractivity (Wildman–Crippen MR) is 117 cm³/mol. The Morgan fingerprint density at radius 2 is 1.74 bits per heavy atom. The first kappa shape index (κ1) is 20.8. The lowest BCUT2D eigenvalue weighted by Crippen LogP contribution is -2.33. The van der Waals surface area contributed by atoms with Crippen LogP contribution in [-0.4, -0.2) is 36.9 Å². The predicted octanol–water partition coefficient (Wildman–Crippen LogP) is 3.07. The van der Waals surface area contributed by atoms with E-state index in [-0.39, 0.29) is 34.7 Å². The summed E-state index contributed by atoms with van der Waals surface area (Å²) >= 11 is 0. The van der Waals surface area contributed by atoms with Gasteiger partial charge in [-0.1, -0.05) is 24.3 Å². The van der Waals surface area contributed by atoms with Crippen LogP contribution in [0.2, 0.25) is 0 Å². The Bertz CT molecular complexity index is 1250. The molecule has 2 aromatic carbocycles. The smallest absolute Gasteiger partial charge is 0.264 e. The van der Waals surface area contributed by atoms with Crippen LogP contribution in [0.25, 0.3) is 11.3 Å². The second-order valence-electron chi connectivity index (χ2n) is 7.45. The van der Waals surface area contributed by atoms with Gasteiger partial charge < -0.3 is 10.1 Å². The van der Waals surface area contributed by atoms with Crippen molar-refractivity contribution in [1.82, 2.24) is 15.3 Å². The Morgan fingerprint density at radius 3 is 2.48 bits per heavy atom. The van der Waals surface area contributed by atoms with Gasteiger partial charge in [-0.2, -0.15) is 4.98 Å². The van der Waals surface area contributed by atoms with Crippen molar-refractivity contribution < 1.29 is 17.9 Å². The van der Waals surface area contributed by atoms with Gasteiger partial charge in [-0.25, -0.2) is 18.1 Å². The molecule has 31 heavy (non-hydrogen) atoms. The van der Waals surface area contributed by atoms with E-state index < -0.39 is 16.1 Å². The third-order valence-electron chi connectivity index (χ3n) is 4.94. The number of fused-ring (bicyclic) bond motifs is 4. The zero-order chi connectivity index (χ0) is 22.2. The molecule has 1 aliphatic rings. The van der Waals surface area contributed by atoms with Crippen LogP contribution in [0, 0.1) is 13.8 Å². The molecule has 1 atom stereocenters. The van der Waals surface area contributed by atoms with Crippen LogP contribution in [0.3, 0.4) is 0 Å². The van der Waals surface area contributed by atoms with E-state index in [2.05, 4.69) is 20.0 Å². The molecular formula is C22H22N4O4S. The zero-order valence-electron chi connectivity index (χ0n) is 17.3. The molecular weight excluding hydrogens is 416 g/mol. The molecule has 4 bridgehead atoms. The van der Waals surface area contributed by atoms with Crippen molar-refractivity contribution in [3.05, 3.63) is 65.2 Å². The van der Waals surface area contributed by atoms with E-state index in [0.29, 0.717) is 5.69 Å². The summed E-state index contributed by atoms with van der Waals surface area (Å²) < 4.78 is 34.2. The van der Waals surface area contributed by atoms with Gasteiger partial charge in [0.2, 0.25) is 11.8 Å². The van der Waals surface area contributed by atoms with Gasteiger partial charge in [0, 0.05) is 17.2 Å². The minimum Gasteiger partial charge on any atom is -0.473 e. The third kappa shape index (κ3) is 4.36. The van der Waals surface area contributed by atoms with Crippen molar-refractivity contribution in [2.45, 2.75) is 31.8 Å². The summed E-state index contributed by atoms with van der Waals surface area (Å²) in [4.78, 5) is 21.1. The Balaban J connectivity index is 1.87. The van der Waals surface area contributed by atoms with Gasteiger partial charge in [-0.05, 0) is 50.1 Å². The molecule has 0 saturated heterocycles. The number of carbonyl (C=O) groups is 1. The lowest BCUT2D eigenvalue weighted by molar-refractivity contribution is 0.0930. The minimum absolute atomic E-state index is 0.0593. The Labute approximate surface area is 180 Å². The first-order valence-corrected chi connectivity index (χ1v) is 11.2. The Kier molecular flexibility index (Phi) is 5.36. The van der Waals surface area contributed by atoms with Gasteiger partial charge in [-0.3, -0.25) is 4.79 Å². The Morgan fingerprint density at radius 1 is 1.03 bits per heavy atom. The molecule has 1 unspecified atom stereocenters. The van der Waals surface area contributed by atoms with E-state index in [4.69, 9.17) is 4.74 Å². The zero-order valence-corrected chi connectivity index (χ0v) is 18.2. The summed E-state index contributed by atoms with van der Waals surface area (Å²) in [5, 5.41) is 2.76. The van der Waals surface area contributed by atoms with Gasteiger partial charge in [0.05, 0.1) is 17.1 Å². The molecule has 1 aromatic heterocycles. The maximum atomic E-state index is 13.0. The van der Waals surface area contributed by atoms with E-state index in [1.807, 2.05) is 32.0 Å². The highest BCUT2D eigenvalue weighted by Gasteiger charge is 2.21. The fraction of sp³-hybridized carbons (Fsp3) is 0.227. The topological polar surface area (TPSA) is 110 Å². The Hall–Kier alpha value is -3.46. The van der Waals surface area contributed by atoms with E-state index in [0.717, 1.165) is 16.7 Å². The summed E-state index contributed by atoms with van der Waals surface area (Å²) in [7, 11) is -4.03. The molecule has 9 heteroatoms. The van der Waals surface area contributed by atoms with E-state index in [1.54, 1.807) is 19.1 Å². The molecule has 1 aliphatic heterocycles. The third-order valence-corrected chi connectivity index (χ3v) is 6.27. The van der Waals surface area contributed by atoms with Crippen LogP contribution in [0.1, 0.15) is 28.4 Å². The summed E-state index contributed by atoms with van der Waals surface area (Å²) in [6.07, 6.45) is -0.405. The van der Waals surface area contributed by atoms with E-state index in [1.165, 1.54) is 18.2 Å². The number of rotatable bonds is 1. The van der Waals surface area contributed by atoms with Crippen LogP contribution in [-0.2, 0) is 10.0 Å². The van der Waals surface area contributed by atoms with Crippen molar-refractivity contribution >= 4 is 21.9 Å². The molecule has 0 radical (unpaired) electrons. The highest BCUT2D eigenvalue weighted by molar-refractivity contribution is 7.92. The SMILES string of the molecule is Cc1cccc(C)c1-c1cc2nc(n1)NS(=O)(=O)c1cccc(c1)C(=O)NCC(C)O2. The van der Waals surface area contributed by atoms with E-state index in [9.17, 15) is 13.2 Å². The highest BCUT2D eigenvalue weighted by Crippen LogP contribution is 2.29. The number of aromatic nitrogens is 2. The van der Waals surface area contributed by atoms with Crippen LogP contribution in [0.4, 0.5) is 5.95 Å². The van der Waals surface area contributed by atoms with Crippen LogP contribution in [0.15, 0.2) is 53.4 Å². The summed E-state index contributed by atoms with van der Waals surface area (Å²) in [5.41, 5.74) is 3.63. The van der Waals surface area contributed by atoms with Gasteiger partial charge in [0.15, 0.2) is 0 Å². The van der Waals surface area contributed by atoms with Gasteiger partial charge in [0.1, 0.15) is 6.10 Å². The van der Waals surface area contributed by atoms with Crippen LogP contribution < -0.4 is 14.8 Å². The second-order valence-corrected chi connectivity index (χ2v) is 9.14. The molecule has 0 fully saturated rings. The van der Waals surface area contributed by atoms with Crippen molar-refractivity contribution in [3.8, 4) is 17.1 Å². The second kappa shape index (κ2) is 7.99. The quantitative estimate of drug-likeness (QED) is 0.604. The van der Waals surface area contributed by atoms with Crippen molar-refractivity contribution in [1.29, 1.82) is 0 Å². The van der Waals surface area contributed by atoms with Crippen LogP contribution in [0.5, 0.6) is 5.88 Å². The minimum atomic E-state index is -4.03. The number of hydrogen-bond acceptors (Lipinski definition) is 6. The molecule has 1 amide bonds. The number of nitrogens with one attached hydrogen (secondary N) is 2. The lowest BCUT2D eigenvalue weighted by Gasteiger charge is -2.17. The van der Waals surface area contributed by atoms with Gasteiger partial charge in [-0.15, -0.1) is 0 Å². The fourth-order valence-electron chi connectivity index (χ4n) is 3.45. The van der Waals surface area contributed by atoms with Gasteiger partial charge in [0.25, 0.3) is 15.9 Å². The standard InChI is InChI=1S/C22H22N4O4S/c1-13-6-4-7-14(2)20(13)18-11-19-25-22(24-18)26-31(28,29)17-9-5-8-16(10-17)21(27)23-12-15(3)30-19/h4-11,15H,12H2,1-3H3,(H,23,27)(H,24,25,26). The highest BCUT2D eigenvalue weighted by atomic mass is 32.2. The van der Waals surface area contributed by atoms with E-state index >= 15 is 0 Å². The number of nitrogens with zero attached hydrogens (tertiary/aromatic N) is 2. The molecule has 0 saturated carbocycles. The number of ether oxygens (including phenoxy) is 1. The molecule has 4 rings (SSSR count). The molecule has 2 heterocycles.